The predicted molar refractivity (Wildman–Crippen MR) is 108 cm³/mol. The molecule has 0 unspecified atom stereocenters. The molecule has 0 fully saturated rings. The average Bonchev–Trinajstić information content (AvgIpc) is 3.15. The third kappa shape index (κ3) is 4.78. The predicted octanol–water partition coefficient (Wildman–Crippen LogP) is 2.49. The third-order valence-electron chi connectivity index (χ3n) is 4.61. The summed E-state index contributed by atoms with van der Waals surface area (Å²) in [6.07, 6.45) is -5.77. The molecule has 3 aromatic rings. The molecule has 192 valence electrons. The molecule has 0 saturated carbocycles. The molecular formula is C19H9F7N7O3S+. The van der Waals surface area contributed by atoms with Crippen molar-refractivity contribution >= 4 is 29.2 Å². The molecule has 1 aromatic carbocycles. The summed E-state index contributed by atoms with van der Waals surface area (Å²) in [6.45, 7) is 0. The van der Waals surface area contributed by atoms with E-state index in [1.165, 1.54) is 12.4 Å². The van der Waals surface area contributed by atoms with E-state index in [-0.39, 0.29) is 16.3 Å². The number of hydrogen-bond acceptors (Lipinski definition) is 8. The number of pyridine rings is 1. The first kappa shape index (κ1) is 27.0. The van der Waals surface area contributed by atoms with Crippen molar-refractivity contribution in [2.45, 2.75) is 11.2 Å². The Hall–Kier alpha value is -4.58. The SMILES string of the molecule is C[n+]1[nH]oc(=O)c1-c1c(C#N)c(N)nc(SCC(=O)Nc2c(F)c(F)c(C(F)(F)F)c(F)c2F)c1C#N. The van der Waals surface area contributed by atoms with Crippen LogP contribution >= 0.6 is 11.8 Å². The van der Waals surface area contributed by atoms with Crippen LogP contribution in [0, 0.1) is 45.9 Å². The van der Waals surface area contributed by atoms with Crippen molar-refractivity contribution in [2.75, 3.05) is 16.8 Å². The van der Waals surface area contributed by atoms with Crippen LogP contribution in [-0.2, 0) is 18.0 Å². The summed E-state index contributed by atoms with van der Waals surface area (Å²) in [5.41, 5.74) is -1.39. The van der Waals surface area contributed by atoms with Crippen LogP contribution in [0.2, 0.25) is 0 Å². The number of anilines is 2. The Morgan fingerprint density at radius 1 is 1.14 bits per heavy atom. The van der Waals surface area contributed by atoms with Crippen LogP contribution < -0.4 is 21.4 Å². The minimum atomic E-state index is -5.77. The number of aromatic nitrogens is 3. The van der Waals surface area contributed by atoms with Crippen molar-refractivity contribution in [1.82, 2.24) is 10.3 Å². The number of rotatable bonds is 5. The number of thioether (sulfide) groups is 1. The van der Waals surface area contributed by atoms with E-state index in [0.29, 0.717) is 11.8 Å². The number of nitrogens with one attached hydrogen (secondary N) is 2. The van der Waals surface area contributed by atoms with E-state index < -0.39 is 74.9 Å². The van der Waals surface area contributed by atoms with Crippen LogP contribution in [-0.4, -0.2) is 21.9 Å². The van der Waals surface area contributed by atoms with Gasteiger partial charge < -0.3 is 11.1 Å². The Morgan fingerprint density at radius 2 is 1.70 bits per heavy atom. The second-order valence-electron chi connectivity index (χ2n) is 6.88. The molecule has 2 heterocycles. The molecule has 0 aliphatic rings. The highest BCUT2D eigenvalue weighted by atomic mass is 32.2. The minimum absolute atomic E-state index is 0.318. The van der Waals surface area contributed by atoms with E-state index in [4.69, 9.17) is 5.73 Å². The summed E-state index contributed by atoms with van der Waals surface area (Å²) >= 11 is 0.383. The van der Waals surface area contributed by atoms with Gasteiger partial charge in [-0.25, -0.2) is 27.3 Å². The molecule has 1 amide bonds. The van der Waals surface area contributed by atoms with Gasteiger partial charge in [-0.1, -0.05) is 16.4 Å². The molecule has 10 nitrogen and oxygen atoms in total. The number of nitrogens with two attached hydrogens (primary N) is 1. The lowest BCUT2D eigenvalue weighted by Gasteiger charge is -2.14. The van der Waals surface area contributed by atoms with Crippen molar-refractivity contribution < 1.29 is 44.7 Å². The zero-order chi connectivity index (χ0) is 27.8. The summed E-state index contributed by atoms with van der Waals surface area (Å²) in [5, 5.41) is 22.3. The Labute approximate surface area is 204 Å². The number of alkyl halides is 3. The summed E-state index contributed by atoms with van der Waals surface area (Å²) in [6, 6.07) is 3.36. The maximum absolute atomic E-state index is 14.0. The molecule has 0 aliphatic heterocycles. The topological polar surface area (TPSA) is 165 Å². The van der Waals surface area contributed by atoms with Crippen molar-refractivity contribution in [2.24, 2.45) is 7.05 Å². The van der Waals surface area contributed by atoms with Gasteiger partial charge in [0.25, 0.3) is 0 Å². The number of carbonyl (C=O) groups excluding carboxylic acids is 1. The van der Waals surface area contributed by atoms with E-state index in [2.05, 4.69) is 14.8 Å². The van der Waals surface area contributed by atoms with E-state index >= 15 is 0 Å². The van der Waals surface area contributed by atoms with Crippen LogP contribution in [0.3, 0.4) is 0 Å². The normalized spacial score (nSPS) is 11.2. The molecule has 0 aliphatic carbocycles. The largest absolute Gasteiger partial charge is 0.435 e. The Bertz CT molecular complexity index is 1560. The molecule has 3 rings (SSSR count). The molecule has 0 bridgehead atoms. The van der Waals surface area contributed by atoms with Crippen molar-refractivity contribution in [3.05, 3.63) is 50.4 Å². The first-order valence-corrected chi connectivity index (χ1v) is 10.3. The fraction of sp³-hybridized carbons (Fsp3) is 0.158. The van der Waals surface area contributed by atoms with Crippen molar-refractivity contribution in [1.29, 1.82) is 10.5 Å². The number of nitriles is 2. The van der Waals surface area contributed by atoms with Crippen LogP contribution in [0.5, 0.6) is 0 Å². The van der Waals surface area contributed by atoms with Gasteiger partial charge >= 0.3 is 17.5 Å². The second kappa shape index (κ2) is 9.82. The summed E-state index contributed by atoms with van der Waals surface area (Å²) < 4.78 is 99.4. The zero-order valence-electron chi connectivity index (χ0n) is 17.9. The zero-order valence-corrected chi connectivity index (χ0v) is 18.7. The molecule has 0 radical (unpaired) electrons. The lowest BCUT2D eigenvalue weighted by Crippen LogP contribution is -2.34. The number of amides is 1. The van der Waals surface area contributed by atoms with Gasteiger partial charge in [-0.05, 0) is 5.27 Å². The van der Waals surface area contributed by atoms with Crippen LogP contribution in [0.1, 0.15) is 16.7 Å². The number of nitrogen functional groups attached to an aromatic ring is 1. The standard InChI is InChI=1S/C19H8F7N7O3S/c1-33-15(18(35)36-32-33)8-5(2-27)16(29)31-17(6(8)3-28)37-4-7(34)30-14-12(22)10(20)9(19(24,25)26)11(21)13(14)23/h4H2,1H3,(H3-,29,30,31,32,34,35)/p+1. The van der Waals surface area contributed by atoms with Gasteiger partial charge in [0.2, 0.25) is 5.91 Å². The first-order valence-electron chi connectivity index (χ1n) is 9.31. The quantitative estimate of drug-likeness (QED) is 0.189. The van der Waals surface area contributed by atoms with E-state index in [1.54, 1.807) is 12.1 Å². The van der Waals surface area contributed by atoms with Gasteiger partial charge in [-0.2, -0.15) is 23.7 Å². The molecule has 2 aromatic heterocycles. The first-order chi connectivity index (χ1) is 17.2. The highest BCUT2D eigenvalue weighted by Gasteiger charge is 2.42. The Kier molecular flexibility index (Phi) is 7.17. The second-order valence-corrected chi connectivity index (χ2v) is 7.84. The van der Waals surface area contributed by atoms with Gasteiger partial charge in [-0.15, -0.1) is 0 Å². The van der Waals surface area contributed by atoms with Crippen LogP contribution in [0.25, 0.3) is 11.3 Å². The highest BCUT2D eigenvalue weighted by Crippen LogP contribution is 2.39. The van der Waals surface area contributed by atoms with E-state index in [0.717, 1.165) is 4.68 Å². The van der Waals surface area contributed by atoms with Crippen molar-refractivity contribution in [3.63, 3.8) is 0 Å². The number of H-pyrrole nitrogens is 1. The van der Waals surface area contributed by atoms with Crippen molar-refractivity contribution in [3.8, 4) is 23.4 Å². The minimum Gasteiger partial charge on any atom is -0.383 e. The number of aromatic amines is 1. The number of benzene rings is 1. The molecule has 0 atom stereocenters. The maximum Gasteiger partial charge on any atom is 0.435 e. The molecular weight excluding hydrogens is 539 g/mol. The molecule has 18 heteroatoms. The summed E-state index contributed by atoms with van der Waals surface area (Å²) in [5.74, 6) is -13.3. The Balaban J connectivity index is 1.98. The van der Waals surface area contributed by atoms with Gasteiger partial charge in [0.05, 0.1) is 11.3 Å². The van der Waals surface area contributed by atoms with Gasteiger partial charge in [0.15, 0.2) is 30.3 Å². The Morgan fingerprint density at radius 3 is 2.16 bits per heavy atom. The number of aryl methyl sites for hydroxylation is 1. The number of nitrogens with zero attached hydrogens (tertiary/aromatic N) is 4. The number of halogens is 7. The average molecular weight is 548 g/mol. The summed E-state index contributed by atoms with van der Waals surface area (Å²) in [4.78, 5) is 28.1. The number of carbonyl (C=O) groups is 1. The van der Waals surface area contributed by atoms with Gasteiger partial charge in [-0.3, -0.25) is 9.32 Å². The van der Waals surface area contributed by atoms with Crippen LogP contribution in [0.15, 0.2) is 14.3 Å². The monoisotopic (exact) mass is 548 g/mol. The summed E-state index contributed by atoms with van der Waals surface area (Å²) in [7, 11) is 1.30. The molecule has 0 saturated heterocycles. The number of hydrogen-bond donors (Lipinski definition) is 3. The lowest BCUT2D eigenvalue weighted by atomic mass is 10.0. The fourth-order valence-electron chi connectivity index (χ4n) is 3.05. The van der Waals surface area contributed by atoms with Gasteiger partial charge in [0, 0.05) is 0 Å². The molecule has 0 spiro atoms. The van der Waals surface area contributed by atoms with E-state index in [9.17, 15) is 50.8 Å². The highest BCUT2D eigenvalue weighted by molar-refractivity contribution is 8.00. The molecule has 37 heavy (non-hydrogen) atoms. The van der Waals surface area contributed by atoms with Crippen LogP contribution in [0.4, 0.5) is 42.2 Å². The maximum atomic E-state index is 14.0. The molecule has 4 N–H and O–H groups in total. The smallest absolute Gasteiger partial charge is 0.383 e. The fourth-order valence-corrected chi connectivity index (χ4v) is 3.84. The van der Waals surface area contributed by atoms with Gasteiger partial charge in [0.1, 0.15) is 45.4 Å². The van der Waals surface area contributed by atoms with E-state index in [1.807, 2.05) is 0 Å². The lowest BCUT2D eigenvalue weighted by molar-refractivity contribution is -0.730. The third-order valence-corrected chi connectivity index (χ3v) is 5.58.